The van der Waals surface area contributed by atoms with Crippen LogP contribution in [0, 0.1) is 0 Å². The molecule has 0 saturated carbocycles. The van der Waals surface area contributed by atoms with Crippen molar-refractivity contribution >= 4 is 56.9 Å². The summed E-state index contributed by atoms with van der Waals surface area (Å²) in [5.74, 6) is 0.0729. The molecule has 0 spiro atoms. The first-order chi connectivity index (χ1) is 15.5. The van der Waals surface area contributed by atoms with E-state index < -0.39 is 35.9 Å². The molecule has 3 nitrogen and oxygen atoms in total. The Morgan fingerprint density at radius 1 is 0.727 bits per heavy atom. The van der Waals surface area contributed by atoms with E-state index in [-0.39, 0.29) is 5.75 Å². The van der Waals surface area contributed by atoms with Crippen molar-refractivity contribution in [2.45, 2.75) is 44.4 Å². The van der Waals surface area contributed by atoms with E-state index in [1.165, 1.54) is 0 Å². The van der Waals surface area contributed by atoms with Crippen molar-refractivity contribution in [2.75, 3.05) is 0 Å². The Balaban J connectivity index is 1.80. The predicted molar refractivity (Wildman–Crippen MR) is 129 cm³/mol. The third-order valence-corrected chi connectivity index (χ3v) is 7.06. The molecule has 1 heterocycles. The molecule has 4 aromatic rings. The van der Waals surface area contributed by atoms with Gasteiger partial charge in [-0.25, -0.2) is 0 Å². The molecule has 1 aliphatic heterocycles. The number of fused-ring (bicyclic) bond motifs is 6. The summed E-state index contributed by atoms with van der Waals surface area (Å²) in [7, 11) is -0.867. The van der Waals surface area contributed by atoms with E-state index in [9.17, 15) is 13.2 Å². The average molecular weight is 470 g/mol. The Morgan fingerprint density at radius 2 is 1.15 bits per heavy atom. The van der Waals surface area contributed by atoms with E-state index >= 15 is 0 Å². The fourth-order valence-electron chi connectivity index (χ4n) is 4.27. The van der Waals surface area contributed by atoms with Gasteiger partial charge in [-0.1, -0.05) is 54.6 Å². The molecule has 0 radical (unpaired) electrons. The van der Waals surface area contributed by atoms with Crippen LogP contribution in [-0.4, -0.2) is 23.8 Å². The van der Waals surface area contributed by atoms with Crippen molar-refractivity contribution in [2.24, 2.45) is 0 Å². The number of hydrogen-bond acceptors (Lipinski definition) is 4. The van der Waals surface area contributed by atoms with E-state index in [1.54, 1.807) is 6.07 Å². The number of hydrogen-bond donors (Lipinski definition) is 0. The quantitative estimate of drug-likeness (QED) is 0.183. The maximum Gasteiger partial charge on any atom is 0.498 e. The second-order valence-electron chi connectivity index (χ2n) is 9.23. The zero-order chi connectivity index (χ0) is 23.6. The van der Waals surface area contributed by atoms with Gasteiger partial charge in [0.05, 0.1) is 11.2 Å². The molecule has 5 rings (SSSR count). The molecule has 0 unspecified atom stereocenters. The Labute approximate surface area is 194 Å². The van der Waals surface area contributed by atoms with Crippen molar-refractivity contribution < 1.29 is 26.7 Å². The zero-order valence-corrected chi connectivity index (χ0v) is 19.4. The van der Waals surface area contributed by atoms with Gasteiger partial charge in [-0.2, -0.15) is 13.2 Å². The highest BCUT2D eigenvalue weighted by atomic mass is 32.2. The number of rotatable bonds is 3. The number of benzene rings is 4. The van der Waals surface area contributed by atoms with E-state index in [1.807, 2.05) is 76.2 Å². The fourth-order valence-corrected chi connectivity index (χ4v) is 4.60. The lowest BCUT2D eigenvalue weighted by Crippen LogP contribution is -2.41. The highest BCUT2D eigenvalue weighted by Gasteiger charge is 2.52. The van der Waals surface area contributed by atoms with Gasteiger partial charge in [0, 0.05) is 5.46 Å². The van der Waals surface area contributed by atoms with Crippen LogP contribution in [0.3, 0.4) is 0 Å². The first-order valence-corrected chi connectivity index (χ1v) is 11.4. The molecule has 0 amide bonds. The molecular weight excluding hydrogens is 448 g/mol. The van der Waals surface area contributed by atoms with Crippen molar-refractivity contribution in [3.8, 4) is 5.75 Å². The van der Waals surface area contributed by atoms with Crippen molar-refractivity contribution in [3.63, 3.8) is 0 Å². The van der Waals surface area contributed by atoms with Gasteiger partial charge in [0.25, 0.3) is 0 Å². The minimum Gasteiger partial charge on any atom is -0.417 e. The molecule has 1 saturated heterocycles. The lowest BCUT2D eigenvalue weighted by molar-refractivity contribution is -0.0369. The summed E-state index contributed by atoms with van der Waals surface area (Å²) < 4.78 is 56.7. The van der Waals surface area contributed by atoms with Crippen LogP contribution in [0.1, 0.15) is 27.7 Å². The Morgan fingerprint density at radius 3 is 1.61 bits per heavy atom. The Hall–Kier alpha value is -2.42. The molecule has 4 aromatic carbocycles. The molecule has 0 aromatic heterocycles. The normalized spacial score (nSPS) is 17.8. The van der Waals surface area contributed by atoms with Gasteiger partial charge in [-0.3, -0.25) is 0 Å². The minimum absolute atomic E-state index is 0.0729. The number of halogens is 3. The van der Waals surface area contributed by atoms with Gasteiger partial charge in [-0.05, 0) is 66.1 Å². The van der Waals surface area contributed by atoms with Crippen LogP contribution in [0.25, 0.3) is 32.3 Å². The summed E-state index contributed by atoms with van der Waals surface area (Å²) in [6, 6.07) is 19.4. The molecule has 0 bridgehead atoms. The first-order valence-electron chi connectivity index (χ1n) is 10.6. The van der Waals surface area contributed by atoms with Gasteiger partial charge < -0.3 is 13.5 Å². The SMILES string of the molecule is CC1(C)OB(c2cc3c4ccccc4c4ccccc4c3cc2OSC(F)(F)F)OC1(C)C. The molecule has 8 heteroatoms. The van der Waals surface area contributed by atoms with Crippen LogP contribution in [0.2, 0.25) is 0 Å². The second kappa shape index (κ2) is 7.55. The third kappa shape index (κ3) is 3.84. The Bertz CT molecular complexity index is 1370. The monoisotopic (exact) mass is 470 g/mol. The highest BCUT2D eigenvalue weighted by molar-refractivity contribution is 7.95. The van der Waals surface area contributed by atoms with E-state index in [4.69, 9.17) is 13.5 Å². The largest absolute Gasteiger partial charge is 0.498 e. The first kappa shape index (κ1) is 22.4. The van der Waals surface area contributed by atoms with Crippen molar-refractivity contribution in [1.82, 2.24) is 0 Å². The van der Waals surface area contributed by atoms with Gasteiger partial charge in [-0.15, -0.1) is 0 Å². The van der Waals surface area contributed by atoms with Gasteiger partial charge in [0.2, 0.25) is 0 Å². The molecule has 1 fully saturated rings. The summed E-state index contributed by atoms with van der Waals surface area (Å²) in [6.07, 6.45) is 0. The summed E-state index contributed by atoms with van der Waals surface area (Å²) in [5.41, 5.74) is -5.41. The molecule has 0 aliphatic carbocycles. The van der Waals surface area contributed by atoms with Crippen molar-refractivity contribution in [1.29, 1.82) is 0 Å². The molecular formula is C25H22BF3O3S. The van der Waals surface area contributed by atoms with Crippen molar-refractivity contribution in [3.05, 3.63) is 60.7 Å². The van der Waals surface area contributed by atoms with E-state index in [0.29, 0.717) is 5.46 Å². The molecule has 33 heavy (non-hydrogen) atoms. The predicted octanol–water partition coefficient (Wildman–Crippen LogP) is 6.99. The molecule has 170 valence electrons. The fraction of sp³-hybridized carbons (Fsp3) is 0.280. The highest BCUT2D eigenvalue weighted by Crippen LogP contribution is 2.41. The Kier molecular flexibility index (Phi) is 5.12. The van der Waals surface area contributed by atoms with Crippen LogP contribution in [0.5, 0.6) is 5.75 Å². The summed E-state index contributed by atoms with van der Waals surface area (Å²) >= 11 is -0.534. The summed E-state index contributed by atoms with van der Waals surface area (Å²) in [5, 5.41) is 5.74. The summed E-state index contributed by atoms with van der Waals surface area (Å²) in [4.78, 5) is 0. The van der Waals surface area contributed by atoms with E-state index in [0.717, 1.165) is 32.3 Å². The molecule has 0 atom stereocenters. The van der Waals surface area contributed by atoms with Crippen LogP contribution >= 0.6 is 12.0 Å². The van der Waals surface area contributed by atoms with Crippen LogP contribution in [0.15, 0.2) is 60.7 Å². The summed E-state index contributed by atoms with van der Waals surface area (Å²) in [6.45, 7) is 7.62. The van der Waals surface area contributed by atoms with Crippen LogP contribution in [-0.2, 0) is 9.31 Å². The second-order valence-corrected chi connectivity index (χ2v) is 10.0. The van der Waals surface area contributed by atoms with Gasteiger partial charge in [0.1, 0.15) is 5.75 Å². The lowest BCUT2D eigenvalue weighted by atomic mass is 9.76. The van der Waals surface area contributed by atoms with E-state index in [2.05, 4.69) is 6.07 Å². The lowest BCUT2D eigenvalue weighted by Gasteiger charge is -2.32. The topological polar surface area (TPSA) is 27.7 Å². The average Bonchev–Trinajstić information content (AvgIpc) is 2.98. The zero-order valence-electron chi connectivity index (χ0n) is 18.6. The smallest absolute Gasteiger partial charge is 0.417 e. The maximum atomic E-state index is 13.0. The minimum atomic E-state index is -4.55. The molecule has 1 aliphatic rings. The van der Waals surface area contributed by atoms with Crippen LogP contribution in [0.4, 0.5) is 13.2 Å². The van der Waals surface area contributed by atoms with Gasteiger partial charge >= 0.3 is 12.6 Å². The molecule has 0 N–H and O–H groups in total. The standard InChI is InChI=1S/C25H22BF3O3S/c1-23(2)24(3,4)32-26(31-23)21-13-19-17-11-7-5-9-15(17)16-10-6-8-12-18(16)20(19)14-22(21)30-33-25(27,28)29/h5-14H,1-4H3. The third-order valence-electron chi connectivity index (χ3n) is 6.61. The van der Waals surface area contributed by atoms with Crippen LogP contribution < -0.4 is 9.65 Å². The number of alkyl halides is 3. The van der Waals surface area contributed by atoms with Gasteiger partial charge in [0.15, 0.2) is 12.0 Å². The maximum absolute atomic E-state index is 13.0.